The Labute approximate surface area is 119 Å². The van der Waals surface area contributed by atoms with E-state index in [0.717, 1.165) is 37.2 Å². The number of piperidine rings is 1. The molecule has 110 valence electrons. The van der Waals surface area contributed by atoms with Gasteiger partial charge in [0.05, 0.1) is 13.0 Å². The minimum atomic E-state index is -0.890. The number of hydrogen-bond acceptors (Lipinski definition) is 4. The van der Waals surface area contributed by atoms with Crippen molar-refractivity contribution in [3.63, 3.8) is 0 Å². The quantitative estimate of drug-likeness (QED) is 0.859. The molecule has 0 aliphatic carbocycles. The number of carboxylic acid groups (broad SMARTS) is 1. The minimum absolute atomic E-state index is 0.0866. The molecule has 1 fully saturated rings. The lowest BCUT2D eigenvalue weighted by Crippen LogP contribution is -2.32. The number of ether oxygens (including phenoxy) is 1. The summed E-state index contributed by atoms with van der Waals surface area (Å²) < 4.78 is 5.22. The first-order valence-corrected chi connectivity index (χ1v) is 7.03. The van der Waals surface area contributed by atoms with Crippen LogP contribution in [0.3, 0.4) is 0 Å². The summed E-state index contributed by atoms with van der Waals surface area (Å²) in [4.78, 5) is 13.7. The Bertz CT molecular complexity index is 470. The average Bonchev–Trinajstić information content (AvgIpc) is 2.48. The van der Waals surface area contributed by atoms with Crippen LogP contribution in [0.2, 0.25) is 0 Å². The zero-order valence-electron chi connectivity index (χ0n) is 11.8. The highest BCUT2D eigenvalue weighted by Crippen LogP contribution is 2.33. The molecule has 0 radical (unpaired) electrons. The second-order valence-electron chi connectivity index (χ2n) is 5.10. The van der Waals surface area contributed by atoms with Crippen LogP contribution in [0, 0.1) is 0 Å². The Balaban J connectivity index is 2.41. The van der Waals surface area contributed by atoms with Crippen molar-refractivity contribution in [2.75, 3.05) is 31.6 Å². The molecule has 0 spiro atoms. The normalized spacial score (nSPS) is 16.8. The molecule has 5 heteroatoms. The van der Waals surface area contributed by atoms with Crippen LogP contribution in [0.15, 0.2) is 18.2 Å². The Morgan fingerprint density at radius 1 is 1.40 bits per heavy atom. The van der Waals surface area contributed by atoms with Gasteiger partial charge in [-0.3, -0.25) is 4.79 Å². The average molecular weight is 278 g/mol. The molecule has 1 unspecified atom stereocenters. The fraction of sp³-hybridized carbons (Fsp3) is 0.533. The summed E-state index contributed by atoms with van der Waals surface area (Å²) in [6.07, 6.45) is 3.53. The van der Waals surface area contributed by atoms with Crippen molar-refractivity contribution < 1.29 is 14.6 Å². The van der Waals surface area contributed by atoms with Crippen LogP contribution in [0.1, 0.15) is 30.7 Å². The highest BCUT2D eigenvalue weighted by Gasteiger charge is 2.25. The topological polar surface area (TPSA) is 75.8 Å². The maximum absolute atomic E-state index is 11.4. The van der Waals surface area contributed by atoms with E-state index in [1.54, 1.807) is 13.2 Å². The summed E-state index contributed by atoms with van der Waals surface area (Å²) in [6.45, 7) is 2.02. The molecule has 0 amide bonds. The smallest absolute Gasteiger partial charge is 0.312 e. The maximum atomic E-state index is 11.4. The lowest BCUT2D eigenvalue weighted by Gasteiger charge is -2.32. The second kappa shape index (κ2) is 6.61. The van der Waals surface area contributed by atoms with E-state index < -0.39 is 11.9 Å². The molecule has 1 aliphatic heterocycles. The van der Waals surface area contributed by atoms with E-state index in [0.29, 0.717) is 5.75 Å². The van der Waals surface area contributed by atoms with Crippen molar-refractivity contribution in [2.24, 2.45) is 5.73 Å². The number of benzene rings is 1. The van der Waals surface area contributed by atoms with Gasteiger partial charge >= 0.3 is 5.97 Å². The fourth-order valence-corrected chi connectivity index (χ4v) is 2.72. The number of anilines is 1. The molecule has 1 saturated heterocycles. The van der Waals surface area contributed by atoms with Gasteiger partial charge in [0.2, 0.25) is 0 Å². The molecule has 0 saturated carbocycles. The van der Waals surface area contributed by atoms with Gasteiger partial charge in [-0.05, 0) is 43.0 Å². The van der Waals surface area contributed by atoms with Gasteiger partial charge in [0.1, 0.15) is 5.75 Å². The molecular formula is C15H22N2O3. The van der Waals surface area contributed by atoms with Gasteiger partial charge < -0.3 is 20.5 Å². The van der Waals surface area contributed by atoms with Crippen LogP contribution < -0.4 is 15.4 Å². The number of carbonyl (C=O) groups is 1. The van der Waals surface area contributed by atoms with E-state index in [2.05, 4.69) is 4.90 Å². The number of nitrogens with two attached hydrogens (primary N) is 1. The number of methoxy groups -OCH3 is 1. The van der Waals surface area contributed by atoms with E-state index in [9.17, 15) is 9.90 Å². The molecule has 0 bridgehead atoms. The zero-order chi connectivity index (χ0) is 14.5. The molecule has 0 aromatic heterocycles. The lowest BCUT2D eigenvalue weighted by atomic mass is 9.95. The number of aliphatic carboxylic acids is 1. The Morgan fingerprint density at radius 3 is 2.65 bits per heavy atom. The first-order valence-electron chi connectivity index (χ1n) is 7.03. The number of nitrogens with zero attached hydrogens (tertiary/aromatic N) is 1. The Morgan fingerprint density at radius 2 is 2.10 bits per heavy atom. The van der Waals surface area contributed by atoms with E-state index >= 15 is 0 Å². The minimum Gasteiger partial charge on any atom is -0.497 e. The van der Waals surface area contributed by atoms with E-state index in [1.807, 2.05) is 12.1 Å². The third kappa shape index (κ3) is 3.04. The van der Waals surface area contributed by atoms with Crippen LogP contribution in [0.4, 0.5) is 5.69 Å². The van der Waals surface area contributed by atoms with Crippen LogP contribution in [0.5, 0.6) is 5.75 Å². The van der Waals surface area contributed by atoms with E-state index in [4.69, 9.17) is 10.5 Å². The molecule has 1 aromatic carbocycles. The van der Waals surface area contributed by atoms with Gasteiger partial charge in [0.15, 0.2) is 0 Å². The van der Waals surface area contributed by atoms with Gasteiger partial charge in [0.25, 0.3) is 0 Å². The van der Waals surface area contributed by atoms with Crippen molar-refractivity contribution in [1.82, 2.24) is 0 Å². The molecule has 3 N–H and O–H groups in total. The zero-order valence-corrected chi connectivity index (χ0v) is 11.8. The van der Waals surface area contributed by atoms with Crippen molar-refractivity contribution in [3.05, 3.63) is 23.8 Å². The van der Waals surface area contributed by atoms with Crippen LogP contribution in [-0.4, -0.2) is 37.8 Å². The summed E-state index contributed by atoms with van der Waals surface area (Å²) in [6, 6.07) is 5.63. The molecule has 2 rings (SSSR count). The van der Waals surface area contributed by atoms with E-state index in [1.165, 1.54) is 6.42 Å². The predicted molar refractivity (Wildman–Crippen MR) is 78.5 cm³/mol. The van der Waals surface area contributed by atoms with Gasteiger partial charge in [-0.1, -0.05) is 0 Å². The highest BCUT2D eigenvalue weighted by atomic mass is 16.5. The molecule has 20 heavy (non-hydrogen) atoms. The third-order valence-electron chi connectivity index (χ3n) is 3.84. The number of carboxylic acids is 1. The molecule has 1 heterocycles. The van der Waals surface area contributed by atoms with Gasteiger partial charge in [0, 0.05) is 25.3 Å². The summed E-state index contributed by atoms with van der Waals surface area (Å²) in [5.74, 6) is -0.915. The largest absolute Gasteiger partial charge is 0.497 e. The number of hydrogen-bond donors (Lipinski definition) is 2. The van der Waals surface area contributed by atoms with Gasteiger partial charge in [-0.15, -0.1) is 0 Å². The van der Waals surface area contributed by atoms with E-state index in [-0.39, 0.29) is 6.54 Å². The number of rotatable bonds is 5. The molecule has 5 nitrogen and oxygen atoms in total. The first kappa shape index (κ1) is 14.7. The fourth-order valence-electron chi connectivity index (χ4n) is 2.72. The summed E-state index contributed by atoms with van der Waals surface area (Å²) in [7, 11) is 1.58. The monoisotopic (exact) mass is 278 g/mol. The van der Waals surface area contributed by atoms with Crippen LogP contribution >= 0.6 is 0 Å². The standard InChI is InChI=1S/C15H22N2O3/c1-20-11-5-6-14(17-7-3-2-4-8-17)12(9-11)13(10-16)15(18)19/h5-6,9,13H,2-4,7-8,10,16H2,1H3,(H,18,19). The van der Waals surface area contributed by atoms with Crippen molar-refractivity contribution >= 4 is 11.7 Å². The van der Waals surface area contributed by atoms with Crippen molar-refractivity contribution in [1.29, 1.82) is 0 Å². The molecule has 1 atom stereocenters. The SMILES string of the molecule is COc1ccc(N2CCCCC2)c(C(CN)C(=O)O)c1. The van der Waals surface area contributed by atoms with Crippen molar-refractivity contribution in [3.8, 4) is 5.75 Å². The summed E-state index contributed by atoms with van der Waals surface area (Å²) >= 11 is 0. The Kier molecular flexibility index (Phi) is 4.84. The van der Waals surface area contributed by atoms with Crippen LogP contribution in [-0.2, 0) is 4.79 Å². The lowest BCUT2D eigenvalue weighted by molar-refractivity contribution is -0.138. The van der Waals surface area contributed by atoms with Gasteiger partial charge in [-0.2, -0.15) is 0 Å². The second-order valence-corrected chi connectivity index (χ2v) is 5.10. The first-order chi connectivity index (χ1) is 9.67. The van der Waals surface area contributed by atoms with Crippen molar-refractivity contribution in [2.45, 2.75) is 25.2 Å². The molecule has 1 aromatic rings. The predicted octanol–water partition coefficient (Wildman–Crippen LogP) is 1.81. The third-order valence-corrected chi connectivity index (χ3v) is 3.84. The molecule has 1 aliphatic rings. The highest BCUT2D eigenvalue weighted by molar-refractivity contribution is 5.80. The maximum Gasteiger partial charge on any atom is 0.312 e. The van der Waals surface area contributed by atoms with Gasteiger partial charge in [-0.25, -0.2) is 0 Å². The Hall–Kier alpha value is -1.75. The summed E-state index contributed by atoms with van der Waals surface area (Å²) in [5, 5.41) is 9.37. The molecular weight excluding hydrogens is 256 g/mol. The summed E-state index contributed by atoms with van der Waals surface area (Å²) in [5.41, 5.74) is 7.38. The van der Waals surface area contributed by atoms with Crippen LogP contribution in [0.25, 0.3) is 0 Å².